The van der Waals surface area contributed by atoms with Crippen molar-refractivity contribution in [1.82, 2.24) is 4.98 Å². The number of carbonyl (C=O) groups is 2. The van der Waals surface area contributed by atoms with Gasteiger partial charge in [0.25, 0.3) is 5.91 Å². The highest BCUT2D eigenvalue weighted by molar-refractivity contribution is 5.91. The Labute approximate surface area is 115 Å². The molecular weight excluding hydrogens is 260 g/mol. The van der Waals surface area contributed by atoms with E-state index in [1.54, 1.807) is 12.1 Å². The normalized spacial score (nSPS) is 9.80. The summed E-state index contributed by atoms with van der Waals surface area (Å²) in [6.07, 6.45) is 1.26. The third-order valence-electron chi connectivity index (χ3n) is 2.38. The SMILES string of the molecule is O=C(COc1ccc(C(=O)O)nc1)Nc1ccccc1. The second-order valence-corrected chi connectivity index (χ2v) is 3.89. The van der Waals surface area contributed by atoms with Crippen LogP contribution in [0.5, 0.6) is 5.75 Å². The van der Waals surface area contributed by atoms with Gasteiger partial charge in [0.15, 0.2) is 6.61 Å². The molecule has 0 aliphatic carbocycles. The summed E-state index contributed by atoms with van der Waals surface area (Å²) in [4.78, 5) is 25.9. The Balaban J connectivity index is 1.85. The van der Waals surface area contributed by atoms with Crippen molar-refractivity contribution in [2.24, 2.45) is 0 Å². The van der Waals surface area contributed by atoms with E-state index in [0.717, 1.165) is 0 Å². The number of nitrogens with zero attached hydrogens (tertiary/aromatic N) is 1. The van der Waals surface area contributed by atoms with Crippen LogP contribution in [-0.2, 0) is 4.79 Å². The zero-order valence-corrected chi connectivity index (χ0v) is 10.4. The van der Waals surface area contributed by atoms with Crippen molar-refractivity contribution in [1.29, 1.82) is 0 Å². The number of hydrogen-bond donors (Lipinski definition) is 2. The van der Waals surface area contributed by atoms with Gasteiger partial charge in [-0.1, -0.05) is 18.2 Å². The van der Waals surface area contributed by atoms with Gasteiger partial charge in [-0.25, -0.2) is 9.78 Å². The summed E-state index contributed by atoms with van der Waals surface area (Å²) in [7, 11) is 0. The molecule has 0 saturated carbocycles. The lowest BCUT2D eigenvalue weighted by Crippen LogP contribution is -2.20. The minimum absolute atomic E-state index is 0.0777. The zero-order chi connectivity index (χ0) is 14.4. The highest BCUT2D eigenvalue weighted by atomic mass is 16.5. The third kappa shape index (κ3) is 3.81. The number of aromatic nitrogens is 1. The van der Waals surface area contributed by atoms with E-state index in [9.17, 15) is 9.59 Å². The van der Waals surface area contributed by atoms with Crippen LogP contribution in [0.3, 0.4) is 0 Å². The predicted molar refractivity (Wildman–Crippen MR) is 71.8 cm³/mol. The van der Waals surface area contributed by atoms with Crippen LogP contribution in [0.2, 0.25) is 0 Å². The molecule has 0 spiro atoms. The number of nitrogens with one attached hydrogen (secondary N) is 1. The minimum atomic E-state index is -1.11. The summed E-state index contributed by atoms with van der Waals surface area (Å²) in [5, 5.41) is 11.4. The van der Waals surface area contributed by atoms with Gasteiger partial charge in [0, 0.05) is 5.69 Å². The van der Waals surface area contributed by atoms with E-state index in [4.69, 9.17) is 9.84 Å². The third-order valence-corrected chi connectivity index (χ3v) is 2.38. The van der Waals surface area contributed by atoms with Gasteiger partial charge in [-0.3, -0.25) is 4.79 Å². The van der Waals surface area contributed by atoms with Crippen molar-refractivity contribution in [3.05, 3.63) is 54.4 Å². The first-order chi connectivity index (χ1) is 9.65. The fourth-order valence-corrected chi connectivity index (χ4v) is 1.46. The van der Waals surface area contributed by atoms with E-state index in [2.05, 4.69) is 10.3 Å². The van der Waals surface area contributed by atoms with Crippen LogP contribution in [0, 0.1) is 0 Å². The summed E-state index contributed by atoms with van der Waals surface area (Å²) < 4.78 is 5.21. The van der Waals surface area contributed by atoms with Crippen molar-refractivity contribution < 1.29 is 19.4 Å². The molecule has 1 heterocycles. The van der Waals surface area contributed by atoms with Gasteiger partial charge < -0.3 is 15.2 Å². The zero-order valence-electron chi connectivity index (χ0n) is 10.4. The second-order valence-electron chi connectivity index (χ2n) is 3.89. The number of ether oxygens (including phenoxy) is 1. The lowest BCUT2D eigenvalue weighted by atomic mass is 10.3. The van der Waals surface area contributed by atoms with Gasteiger partial charge in [-0.15, -0.1) is 0 Å². The number of hydrogen-bond acceptors (Lipinski definition) is 4. The smallest absolute Gasteiger partial charge is 0.354 e. The van der Waals surface area contributed by atoms with Crippen LogP contribution in [0.4, 0.5) is 5.69 Å². The quantitative estimate of drug-likeness (QED) is 0.866. The number of carboxylic acid groups (broad SMARTS) is 1. The molecule has 1 aromatic heterocycles. The van der Waals surface area contributed by atoms with Gasteiger partial charge in [-0.2, -0.15) is 0 Å². The van der Waals surface area contributed by atoms with Crippen molar-refractivity contribution in [2.75, 3.05) is 11.9 Å². The Bertz CT molecular complexity index is 596. The first-order valence-corrected chi connectivity index (χ1v) is 5.82. The number of para-hydroxylation sites is 1. The molecule has 0 bridgehead atoms. The van der Waals surface area contributed by atoms with E-state index in [1.165, 1.54) is 18.3 Å². The molecule has 6 nitrogen and oxygen atoms in total. The number of anilines is 1. The van der Waals surface area contributed by atoms with Crippen LogP contribution in [0.15, 0.2) is 48.7 Å². The molecule has 2 aromatic rings. The van der Waals surface area contributed by atoms with Crippen molar-refractivity contribution in [2.45, 2.75) is 0 Å². The van der Waals surface area contributed by atoms with Crippen LogP contribution in [0.25, 0.3) is 0 Å². The molecule has 0 aliphatic heterocycles. The van der Waals surface area contributed by atoms with Crippen molar-refractivity contribution in [3.63, 3.8) is 0 Å². The van der Waals surface area contributed by atoms with Gasteiger partial charge >= 0.3 is 5.97 Å². The maximum Gasteiger partial charge on any atom is 0.354 e. The maximum absolute atomic E-state index is 11.6. The van der Waals surface area contributed by atoms with Gasteiger partial charge in [-0.05, 0) is 24.3 Å². The molecule has 6 heteroatoms. The van der Waals surface area contributed by atoms with Crippen molar-refractivity contribution >= 4 is 17.6 Å². The van der Waals surface area contributed by atoms with E-state index in [0.29, 0.717) is 11.4 Å². The summed E-state index contributed by atoms with van der Waals surface area (Å²) in [6.45, 7) is -0.178. The molecule has 1 amide bonds. The van der Waals surface area contributed by atoms with Crippen LogP contribution < -0.4 is 10.1 Å². The summed E-state index contributed by atoms with van der Waals surface area (Å²) >= 11 is 0. The lowest BCUT2D eigenvalue weighted by molar-refractivity contribution is -0.118. The highest BCUT2D eigenvalue weighted by Gasteiger charge is 2.06. The Kier molecular flexibility index (Phi) is 4.28. The van der Waals surface area contributed by atoms with Crippen molar-refractivity contribution in [3.8, 4) is 5.75 Å². The molecule has 0 fully saturated rings. The Morgan fingerprint density at radius 1 is 1.15 bits per heavy atom. The van der Waals surface area contributed by atoms with Gasteiger partial charge in [0.1, 0.15) is 11.4 Å². The summed E-state index contributed by atoms with van der Waals surface area (Å²) in [5.41, 5.74) is 0.603. The number of carboxylic acids is 1. The van der Waals surface area contributed by atoms with E-state index >= 15 is 0 Å². The molecule has 0 radical (unpaired) electrons. The molecule has 2 rings (SSSR count). The standard InChI is InChI=1S/C14H12N2O4/c17-13(16-10-4-2-1-3-5-10)9-20-11-6-7-12(14(18)19)15-8-11/h1-8H,9H2,(H,16,17)(H,18,19). The van der Waals surface area contributed by atoms with Gasteiger partial charge in [0.2, 0.25) is 0 Å². The van der Waals surface area contributed by atoms with E-state index in [1.807, 2.05) is 18.2 Å². The van der Waals surface area contributed by atoms with E-state index in [-0.39, 0.29) is 18.2 Å². The molecular formula is C14H12N2O4. The lowest BCUT2D eigenvalue weighted by Gasteiger charge is -2.07. The molecule has 0 saturated heterocycles. The second kappa shape index (κ2) is 6.33. The van der Waals surface area contributed by atoms with Crippen LogP contribution >= 0.6 is 0 Å². The molecule has 0 atom stereocenters. The molecule has 1 aromatic carbocycles. The number of benzene rings is 1. The fraction of sp³-hybridized carbons (Fsp3) is 0.0714. The van der Waals surface area contributed by atoms with Crippen LogP contribution in [0.1, 0.15) is 10.5 Å². The maximum atomic E-state index is 11.6. The monoisotopic (exact) mass is 272 g/mol. The predicted octanol–water partition coefficient (Wildman–Crippen LogP) is 1.80. The van der Waals surface area contributed by atoms with Gasteiger partial charge in [0.05, 0.1) is 6.20 Å². The molecule has 20 heavy (non-hydrogen) atoms. The largest absolute Gasteiger partial charge is 0.482 e. The highest BCUT2D eigenvalue weighted by Crippen LogP contribution is 2.10. The Morgan fingerprint density at radius 2 is 1.90 bits per heavy atom. The number of carbonyl (C=O) groups excluding carboxylic acids is 1. The fourth-order valence-electron chi connectivity index (χ4n) is 1.46. The Morgan fingerprint density at radius 3 is 2.50 bits per heavy atom. The molecule has 0 aliphatic rings. The average Bonchev–Trinajstić information content (AvgIpc) is 2.46. The van der Waals surface area contributed by atoms with Crippen LogP contribution in [-0.4, -0.2) is 28.6 Å². The van der Waals surface area contributed by atoms with E-state index < -0.39 is 5.97 Å². The number of amides is 1. The summed E-state index contributed by atoms with van der Waals surface area (Å²) in [6, 6.07) is 11.8. The Hall–Kier alpha value is -2.89. The number of aromatic carboxylic acids is 1. The summed E-state index contributed by atoms with van der Waals surface area (Å²) in [5.74, 6) is -1.09. The molecule has 102 valence electrons. The molecule has 2 N–H and O–H groups in total. The first-order valence-electron chi connectivity index (χ1n) is 5.82. The number of pyridine rings is 1. The molecule has 0 unspecified atom stereocenters. The topological polar surface area (TPSA) is 88.5 Å². The first kappa shape index (κ1) is 13.5. The number of rotatable bonds is 5. The average molecular weight is 272 g/mol. The minimum Gasteiger partial charge on any atom is -0.482 e.